The molecule has 1 aliphatic rings. The van der Waals surface area contributed by atoms with E-state index >= 15 is 0 Å². The Morgan fingerprint density at radius 1 is 1.11 bits per heavy atom. The van der Waals surface area contributed by atoms with Gasteiger partial charge in [0.15, 0.2) is 5.11 Å². The molecule has 2 atom stereocenters. The fourth-order valence-electron chi connectivity index (χ4n) is 4.22. The second-order valence-electron chi connectivity index (χ2n) is 7.50. The highest BCUT2D eigenvalue weighted by Gasteiger charge is 2.42. The summed E-state index contributed by atoms with van der Waals surface area (Å²) in [7, 11) is 0. The van der Waals surface area contributed by atoms with E-state index in [0.717, 1.165) is 16.5 Å². The van der Waals surface area contributed by atoms with Gasteiger partial charge in [-0.15, -0.1) is 0 Å². The predicted molar refractivity (Wildman–Crippen MR) is 115 cm³/mol. The summed E-state index contributed by atoms with van der Waals surface area (Å²) >= 11 is 5.72. The lowest BCUT2D eigenvalue weighted by molar-refractivity contribution is 0.269. The first kappa shape index (κ1) is 18.6. The summed E-state index contributed by atoms with van der Waals surface area (Å²) in [6, 6.07) is 12.7. The second kappa shape index (κ2) is 7.36. The Bertz CT molecular complexity index is 981. The van der Waals surface area contributed by atoms with Crippen molar-refractivity contribution in [1.82, 2.24) is 24.8 Å². The molecule has 3 aromatic heterocycles. The number of aryl methyl sites for hydroxylation is 1. The van der Waals surface area contributed by atoms with Crippen molar-refractivity contribution in [2.24, 2.45) is 0 Å². The van der Waals surface area contributed by atoms with Gasteiger partial charge in [0.05, 0.1) is 29.7 Å². The number of aromatic nitrogens is 3. The standard InChI is InChI=1S/C22H25N5S/c1-14(2)26-21(20(25-22(26)28)19-9-5-6-11-24-19)18-12-15(3)27(16(18)4)17-8-7-10-23-13-17/h5-14,20-21H,1-4H3,(H,25,28)/t20-,21+/m1/s1. The van der Waals surface area contributed by atoms with Gasteiger partial charge in [-0.05, 0) is 75.8 Å². The van der Waals surface area contributed by atoms with E-state index < -0.39 is 0 Å². The molecule has 28 heavy (non-hydrogen) atoms. The molecule has 0 spiro atoms. The minimum Gasteiger partial charge on any atom is -0.352 e. The van der Waals surface area contributed by atoms with E-state index in [1.807, 2.05) is 30.6 Å². The van der Waals surface area contributed by atoms with Gasteiger partial charge in [-0.2, -0.15) is 0 Å². The van der Waals surface area contributed by atoms with Crippen LogP contribution in [0.5, 0.6) is 0 Å². The quantitative estimate of drug-likeness (QED) is 0.673. The Morgan fingerprint density at radius 3 is 2.57 bits per heavy atom. The summed E-state index contributed by atoms with van der Waals surface area (Å²) in [5, 5.41) is 4.30. The molecule has 4 heterocycles. The SMILES string of the molecule is Cc1cc([C@H]2[C@@H](c3ccccn3)NC(=S)N2C(C)C)c(C)n1-c1cccnc1. The maximum Gasteiger partial charge on any atom is 0.170 e. The Morgan fingerprint density at radius 2 is 1.93 bits per heavy atom. The molecule has 1 fully saturated rings. The normalized spacial score (nSPS) is 19.3. The van der Waals surface area contributed by atoms with Crippen molar-refractivity contribution in [3.05, 3.63) is 77.6 Å². The third kappa shape index (κ3) is 3.07. The number of nitrogens with zero attached hydrogens (tertiary/aromatic N) is 4. The molecule has 0 amide bonds. The van der Waals surface area contributed by atoms with Gasteiger partial charge in [-0.25, -0.2) is 0 Å². The lowest BCUT2D eigenvalue weighted by Crippen LogP contribution is -2.35. The molecular formula is C22H25N5S. The Labute approximate surface area is 171 Å². The Hall–Kier alpha value is -2.73. The number of rotatable bonds is 4. The van der Waals surface area contributed by atoms with Crippen LogP contribution in [0.2, 0.25) is 0 Å². The van der Waals surface area contributed by atoms with Gasteiger partial charge in [0.2, 0.25) is 0 Å². The maximum atomic E-state index is 5.72. The third-order valence-corrected chi connectivity index (χ3v) is 5.71. The van der Waals surface area contributed by atoms with Gasteiger partial charge < -0.3 is 14.8 Å². The molecule has 4 rings (SSSR count). The lowest BCUT2D eigenvalue weighted by atomic mass is 9.96. The zero-order valence-electron chi connectivity index (χ0n) is 16.6. The van der Waals surface area contributed by atoms with Gasteiger partial charge in [0.25, 0.3) is 0 Å². The summed E-state index contributed by atoms with van der Waals surface area (Å²) in [6.45, 7) is 8.68. The van der Waals surface area contributed by atoms with Gasteiger partial charge >= 0.3 is 0 Å². The highest BCUT2D eigenvalue weighted by molar-refractivity contribution is 7.80. The van der Waals surface area contributed by atoms with Crippen LogP contribution in [0.4, 0.5) is 0 Å². The zero-order valence-corrected chi connectivity index (χ0v) is 17.4. The van der Waals surface area contributed by atoms with Crippen LogP contribution in [0, 0.1) is 13.8 Å². The van der Waals surface area contributed by atoms with E-state index in [0.29, 0.717) is 0 Å². The van der Waals surface area contributed by atoms with Crippen LogP contribution in [-0.4, -0.2) is 30.6 Å². The average molecular weight is 392 g/mol. The zero-order chi connectivity index (χ0) is 19.8. The topological polar surface area (TPSA) is 46.0 Å². The van der Waals surface area contributed by atoms with Crippen LogP contribution < -0.4 is 5.32 Å². The summed E-state index contributed by atoms with van der Waals surface area (Å²) in [5.41, 5.74) is 5.72. The van der Waals surface area contributed by atoms with Crippen LogP contribution in [0.15, 0.2) is 55.0 Å². The molecule has 0 aliphatic carbocycles. The van der Waals surface area contributed by atoms with E-state index in [1.165, 1.54) is 17.0 Å². The summed E-state index contributed by atoms with van der Waals surface area (Å²) in [4.78, 5) is 11.2. The average Bonchev–Trinajstić information content (AvgIpc) is 3.19. The molecule has 6 heteroatoms. The number of thiocarbonyl (C=S) groups is 1. The monoisotopic (exact) mass is 391 g/mol. The van der Waals surface area contributed by atoms with Gasteiger partial charge in [0.1, 0.15) is 0 Å². The molecule has 0 bridgehead atoms. The second-order valence-corrected chi connectivity index (χ2v) is 7.89. The van der Waals surface area contributed by atoms with Crippen molar-refractivity contribution in [3.8, 4) is 5.69 Å². The van der Waals surface area contributed by atoms with E-state index in [1.54, 1.807) is 6.20 Å². The minimum atomic E-state index is 0.0129. The largest absolute Gasteiger partial charge is 0.352 e. The lowest BCUT2D eigenvalue weighted by Gasteiger charge is -2.31. The molecule has 0 radical (unpaired) electrons. The fourth-order valence-corrected chi connectivity index (χ4v) is 4.68. The van der Waals surface area contributed by atoms with E-state index in [9.17, 15) is 0 Å². The summed E-state index contributed by atoms with van der Waals surface area (Å²) in [5.74, 6) is 0. The maximum absolute atomic E-state index is 5.72. The van der Waals surface area contributed by atoms with Crippen molar-refractivity contribution in [1.29, 1.82) is 0 Å². The van der Waals surface area contributed by atoms with Crippen LogP contribution in [-0.2, 0) is 0 Å². The Balaban J connectivity index is 1.86. The van der Waals surface area contributed by atoms with Crippen LogP contribution in [0.3, 0.4) is 0 Å². The minimum absolute atomic E-state index is 0.0129. The number of nitrogens with one attached hydrogen (secondary N) is 1. The van der Waals surface area contributed by atoms with Crippen molar-refractivity contribution in [2.75, 3.05) is 0 Å². The molecule has 5 nitrogen and oxygen atoms in total. The molecule has 1 aliphatic heterocycles. The van der Waals surface area contributed by atoms with Crippen molar-refractivity contribution >= 4 is 17.3 Å². The first-order valence-electron chi connectivity index (χ1n) is 9.58. The molecule has 0 unspecified atom stereocenters. The number of hydrogen-bond donors (Lipinski definition) is 1. The first-order valence-corrected chi connectivity index (χ1v) is 9.99. The summed E-state index contributed by atoms with van der Waals surface area (Å²) < 4.78 is 2.26. The van der Waals surface area contributed by atoms with Gasteiger partial charge in [-0.3, -0.25) is 9.97 Å². The molecular weight excluding hydrogens is 366 g/mol. The highest BCUT2D eigenvalue weighted by atomic mass is 32.1. The predicted octanol–water partition coefficient (Wildman–Crippen LogP) is 4.27. The number of hydrogen-bond acceptors (Lipinski definition) is 3. The van der Waals surface area contributed by atoms with Gasteiger partial charge in [0, 0.05) is 29.8 Å². The molecule has 0 aromatic carbocycles. The number of pyridine rings is 2. The van der Waals surface area contributed by atoms with E-state index in [4.69, 9.17) is 12.2 Å². The molecule has 144 valence electrons. The van der Waals surface area contributed by atoms with Crippen LogP contribution in [0.25, 0.3) is 5.69 Å². The molecule has 0 saturated carbocycles. The van der Waals surface area contributed by atoms with Crippen molar-refractivity contribution < 1.29 is 0 Å². The van der Waals surface area contributed by atoms with Crippen LogP contribution in [0.1, 0.15) is 48.6 Å². The van der Waals surface area contributed by atoms with Gasteiger partial charge in [-0.1, -0.05) is 6.07 Å². The third-order valence-electron chi connectivity index (χ3n) is 5.38. The molecule has 1 N–H and O–H groups in total. The first-order chi connectivity index (χ1) is 13.5. The van der Waals surface area contributed by atoms with E-state index in [-0.39, 0.29) is 18.1 Å². The van der Waals surface area contributed by atoms with E-state index in [2.05, 4.69) is 70.6 Å². The highest BCUT2D eigenvalue weighted by Crippen LogP contribution is 2.42. The van der Waals surface area contributed by atoms with Crippen LogP contribution >= 0.6 is 12.2 Å². The van der Waals surface area contributed by atoms with Crippen molar-refractivity contribution in [3.63, 3.8) is 0 Å². The van der Waals surface area contributed by atoms with Crippen molar-refractivity contribution in [2.45, 2.75) is 45.8 Å². The fraction of sp³-hybridized carbons (Fsp3) is 0.318. The molecule has 1 saturated heterocycles. The Kier molecular flexibility index (Phi) is 4.89. The smallest absolute Gasteiger partial charge is 0.170 e. The molecule has 3 aromatic rings. The summed E-state index contributed by atoms with van der Waals surface area (Å²) in [6.07, 6.45) is 5.54.